The maximum Gasteiger partial charge on any atom is 0.324 e. The number of hydrogen-bond acceptors (Lipinski definition) is 6. The van der Waals surface area contributed by atoms with Gasteiger partial charge in [-0.15, -0.1) is 11.3 Å². The number of thiophene rings is 1. The van der Waals surface area contributed by atoms with Gasteiger partial charge in [-0.2, -0.15) is 0 Å². The molecule has 0 aliphatic heterocycles. The van der Waals surface area contributed by atoms with E-state index >= 15 is 0 Å². The second kappa shape index (κ2) is 6.23. The third kappa shape index (κ3) is 3.37. The van der Waals surface area contributed by atoms with Crippen molar-refractivity contribution in [1.82, 2.24) is 9.88 Å². The molecule has 19 heavy (non-hydrogen) atoms. The van der Waals surface area contributed by atoms with Gasteiger partial charge in [0.2, 0.25) is 0 Å². The normalized spacial score (nSPS) is 11.1. The van der Waals surface area contributed by atoms with Crippen molar-refractivity contribution in [3.05, 3.63) is 33.3 Å². The number of nitro groups is 1. The molecule has 7 heteroatoms. The summed E-state index contributed by atoms with van der Waals surface area (Å²) in [5, 5.41) is 13.7. The lowest BCUT2D eigenvalue weighted by Crippen LogP contribution is -2.22. The first-order valence-electron chi connectivity index (χ1n) is 6.05. The highest BCUT2D eigenvalue weighted by Crippen LogP contribution is 2.34. The van der Waals surface area contributed by atoms with E-state index in [4.69, 9.17) is 0 Å². The summed E-state index contributed by atoms with van der Waals surface area (Å²) >= 11 is 2.71. The van der Waals surface area contributed by atoms with Crippen LogP contribution in [0.15, 0.2) is 17.5 Å². The Morgan fingerprint density at radius 2 is 2.11 bits per heavy atom. The van der Waals surface area contributed by atoms with Crippen LogP contribution in [-0.2, 0) is 6.54 Å². The summed E-state index contributed by atoms with van der Waals surface area (Å²) in [6.45, 7) is 7.07. The van der Waals surface area contributed by atoms with Gasteiger partial charge in [0.05, 0.1) is 15.5 Å². The molecule has 0 radical (unpaired) electrons. The number of hydrogen-bond donors (Lipinski definition) is 0. The minimum Gasteiger partial charge on any atom is -0.298 e. The second-order valence-electron chi connectivity index (χ2n) is 4.00. The largest absolute Gasteiger partial charge is 0.324 e. The molecule has 0 spiro atoms. The zero-order valence-corrected chi connectivity index (χ0v) is 12.5. The Kier molecular flexibility index (Phi) is 4.62. The molecule has 0 saturated carbocycles. The van der Waals surface area contributed by atoms with E-state index < -0.39 is 0 Å². The summed E-state index contributed by atoms with van der Waals surface area (Å²) in [6, 6.07) is 3.30. The third-order valence-corrected chi connectivity index (χ3v) is 4.91. The van der Waals surface area contributed by atoms with Gasteiger partial charge in [-0.05, 0) is 19.2 Å². The van der Waals surface area contributed by atoms with Gasteiger partial charge in [0.25, 0.3) is 0 Å². The molecular formula is C12H15N3O2S2. The van der Waals surface area contributed by atoms with Crippen LogP contribution in [0.25, 0.3) is 9.88 Å². The van der Waals surface area contributed by atoms with E-state index in [-0.39, 0.29) is 9.92 Å². The van der Waals surface area contributed by atoms with Crippen LogP contribution in [-0.4, -0.2) is 27.9 Å². The Hall–Kier alpha value is -1.31. The van der Waals surface area contributed by atoms with Crippen LogP contribution in [0, 0.1) is 10.1 Å². The molecule has 0 bridgehead atoms. The minimum atomic E-state index is -0.363. The van der Waals surface area contributed by atoms with Gasteiger partial charge in [-0.3, -0.25) is 15.0 Å². The van der Waals surface area contributed by atoms with E-state index in [1.807, 2.05) is 5.38 Å². The maximum absolute atomic E-state index is 10.7. The van der Waals surface area contributed by atoms with Gasteiger partial charge in [-0.25, -0.2) is 4.98 Å². The van der Waals surface area contributed by atoms with Crippen molar-refractivity contribution in [1.29, 1.82) is 0 Å². The minimum absolute atomic E-state index is 0.162. The molecule has 102 valence electrons. The lowest BCUT2D eigenvalue weighted by Gasteiger charge is -2.15. The number of nitrogens with zero attached hydrogens (tertiary/aromatic N) is 3. The first kappa shape index (κ1) is 14.1. The molecule has 0 aromatic carbocycles. The number of rotatable bonds is 6. The second-order valence-corrected chi connectivity index (χ2v) is 5.92. The van der Waals surface area contributed by atoms with Crippen molar-refractivity contribution in [2.24, 2.45) is 0 Å². The Labute approximate surface area is 119 Å². The van der Waals surface area contributed by atoms with Gasteiger partial charge in [-0.1, -0.05) is 25.2 Å². The fourth-order valence-electron chi connectivity index (χ4n) is 1.71. The molecule has 2 aromatic rings. The average molecular weight is 297 g/mol. The molecule has 2 heterocycles. The fraction of sp³-hybridized carbons (Fsp3) is 0.417. The van der Waals surface area contributed by atoms with Crippen LogP contribution in [0.4, 0.5) is 5.00 Å². The molecule has 0 saturated heterocycles. The summed E-state index contributed by atoms with van der Waals surface area (Å²) in [6.07, 6.45) is 0. The van der Waals surface area contributed by atoms with Crippen LogP contribution in [0.1, 0.15) is 19.5 Å². The molecule has 0 amide bonds. The molecule has 0 aliphatic carbocycles. The Bertz CT molecular complexity index is 561. The van der Waals surface area contributed by atoms with Crippen molar-refractivity contribution in [3.8, 4) is 9.88 Å². The highest BCUT2D eigenvalue weighted by atomic mass is 32.1. The van der Waals surface area contributed by atoms with Crippen molar-refractivity contribution in [2.45, 2.75) is 20.4 Å². The van der Waals surface area contributed by atoms with Crippen LogP contribution < -0.4 is 0 Å². The van der Waals surface area contributed by atoms with Crippen LogP contribution in [0.3, 0.4) is 0 Å². The SMILES string of the molecule is CCN(CC)Cc1csc(-c2ccc([N+](=O)[O-])s2)n1. The van der Waals surface area contributed by atoms with E-state index in [1.165, 1.54) is 17.4 Å². The molecular weight excluding hydrogens is 282 g/mol. The monoisotopic (exact) mass is 297 g/mol. The summed E-state index contributed by atoms with van der Waals surface area (Å²) in [5.74, 6) is 0. The smallest absolute Gasteiger partial charge is 0.298 e. The topological polar surface area (TPSA) is 59.3 Å². The summed E-state index contributed by atoms with van der Waals surface area (Å²) in [7, 11) is 0. The van der Waals surface area contributed by atoms with E-state index in [0.717, 1.165) is 35.2 Å². The summed E-state index contributed by atoms with van der Waals surface area (Å²) < 4.78 is 0. The highest BCUT2D eigenvalue weighted by molar-refractivity contribution is 7.22. The highest BCUT2D eigenvalue weighted by Gasteiger charge is 2.14. The number of thiazole rings is 1. The molecule has 0 unspecified atom stereocenters. The van der Waals surface area contributed by atoms with E-state index in [9.17, 15) is 10.1 Å². The first-order valence-corrected chi connectivity index (χ1v) is 7.75. The van der Waals surface area contributed by atoms with Crippen molar-refractivity contribution >= 4 is 27.7 Å². The molecule has 0 N–H and O–H groups in total. The van der Waals surface area contributed by atoms with Gasteiger partial charge in [0.1, 0.15) is 5.01 Å². The Morgan fingerprint density at radius 1 is 1.37 bits per heavy atom. The van der Waals surface area contributed by atoms with E-state index in [1.54, 1.807) is 17.4 Å². The predicted molar refractivity (Wildman–Crippen MR) is 78.7 cm³/mol. The first-order chi connectivity index (χ1) is 9.13. The lowest BCUT2D eigenvalue weighted by molar-refractivity contribution is -0.380. The summed E-state index contributed by atoms with van der Waals surface area (Å²) in [5.41, 5.74) is 1.03. The third-order valence-electron chi connectivity index (χ3n) is 2.81. The van der Waals surface area contributed by atoms with E-state index in [2.05, 4.69) is 23.7 Å². The molecule has 2 aromatic heterocycles. The molecule has 5 nitrogen and oxygen atoms in total. The van der Waals surface area contributed by atoms with Gasteiger partial charge in [0.15, 0.2) is 0 Å². The predicted octanol–water partition coefficient (Wildman–Crippen LogP) is 3.62. The van der Waals surface area contributed by atoms with Gasteiger partial charge in [0, 0.05) is 18.0 Å². The zero-order chi connectivity index (χ0) is 13.8. The zero-order valence-electron chi connectivity index (χ0n) is 10.8. The Morgan fingerprint density at radius 3 is 2.68 bits per heavy atom. The van der Waals surface area contributed by atoms with Crippen LogP contribution >= 0.6 is 22.7 Å². The summed E-state index contributed by atoms with van der Waals surface area (Å²) in [4.78, 5) is 18.0. The average Bonchev–Trinajstić information content (AvgIpc) is 3.04. The van der Waals surface area contributed by atoms with E-state index in [0.29, 0.717) is 0 Å². The van der Waals surface area contributed by atoms with Crippen molar-refractivity contribution in [2.75, 3.05) is 13.1 Å². The number of aromatic nitrogens is 1. The van der Waals surface area contributed by atoms with Crippen molar-refractivity contribution in [3.63, 3.8) is 0 Å². The van der Waals surface area contributed by atoms with Gasteiger partial charge >= 0.3 is 5.00 Å². The molecule has 0 atom stereocenters. The fourth-order valence-corrected chi connectivity index (χ4v) is 3.41. The molecule has 2 rings (SSSR count). The molecule has 0 fully saturated rings. The maximum atomic E-state index is 10.7. The quantitative estimate of drug-likeness (QED) is 0.603. The van der Waals surface area contributed by atoms with Crippen LogP contribution in [0.5, 0.6) is 0 Å². The molecule has 0 aliphatic rings. The Balaban J connectivity index is 2.13. The van der Waals surface area contributed by atoms with Crippen molar-refractivity contribution < 1.29 is 4.92 Å². The van der Waals surface area contributed by atoms with Crippen LogP contribution in [0.2, 0.25) is 0 Å². The standard InChI is InChI=1S/C12H15N3O2S2/c1-3-14(4-2)7-9-8-18-12(13-9)10-5-6-11(19-10)15(16)17/h5-6,8H,3-4,7H2,1-2H3. The lowest BCUT2D eigenvalue weighted by atomic mass is 10.4. The van der Waals surface area contributed by atoms with Gasteiger partial charge < -0.3 is 0 Å².